The molecule has 2 aromatic carbocycles. The average Bonchev–Trinajstić information content (AvgIpc) is 3.10. The molecule has 0 bridgehead atoms. The van der Waals surface area contributed by atoms with E-state index >= 15 is 0 Å². The molecule has 0 saturated heterocycles. The van der Waals surface area contributed by atoms with Gasteiger partial charge >= 0.3 is 0 Å². The zero-order valence-electron chi connectivity index (χ0n) is 15.3. The van der Waals surface area contributed by atoms with E-state index < -0.39 is 0 Å². The molecule has 0 radical (unpaired) electrons. The maximum Gasteiger partial charge on any atom is 0.248 e. The third kappa shape index (κ3) is 4.14. The van der Waals surface area contributed by atoms with E-state index in [1.165, 1.54) is 10.4 Å². The molecule has 1 heterocycles. The largest absolute Gasteiger partial charge is 0.324 e. The van der Waals surface area contributed by atoms with Gasteiger partial charge in [-0.1, -0.05) is 50.2 Å². The first-order chi connectivity index (χ1) is 12.6. The highest BCUT2D eigenvalue weighted by Crippen LogP contribution is 2.20. The van der Waals surface area contributed by atoms with Crippen LogP contribution < -0.4 is 5.32 Å². The van der Waals surface area contributed by atoms with Gasteiger partial charge in [-0.15, -0.1) is 10.2 Å². The molecule has 0 unspecified atom stereocenters. The minimum absolute atomic E-state index is 0.0198. The number of nitrogens with one attached hydrogen (secondary N) is 1. The number of carbonyl (C=O) groups is 1. The predicted octanol–water partition coefficient (Wildman–Crippen LogP) is 3.80. The van der Waals surface area contributed by atoms with Gasteiger partial charge in [0.25, 0.3) is 0 Å². The highest BCUT2D eigenvalue weighted by Gasteiger charge is 2.11. The Kier molecular flexibility index (Phi) is 5.41. The van der Waals surface area contributed by atoms with Crippen LogP contribution in [0, 0.1) is 6.92 Å². The minimum atomic E-state index is -0.185. The summed E-state index contributed by atoms with van der Waals surface area (Å²) in [4.78, 5) is 13.5. The van der Waals surface area contributed by atoms with Crippen LogP contribution in [0.25, 0.3) is 11.4 Å². The number of aryl methyl sites for hydroxylation is 1. The van der Waals surface area contributed by atoms with E-state index in [1.54, 1.807) is 0 Å². The highest BCUT2D eigenvalue weighted by molar-refractivity contribution is 5.90. The Morgan fingerprint density at radius 3 is 2.58 bits per heavy atom. The molecule has 0 aliphatic rings. The Morgan fingerprint density at radius 1 is 1.15 bits per heavy atom. The number of hydrogen-bond acceptors (Lipinski definition) is 4. The number of amides is 1. The third-order valence-electron chi connectivity index (χ3n) is 4.50. The smallest absolute Gasteiger partial charge is 0.248 e. The molecule has 0 spiro atoms. The molecule has 1 amide bonds. The standard InChI is InChI=1S/C20H23N5O/c1-4-14(2)16-9-11-17(12-10-16)21-19(26)13-25-23-20(22-24-25)18-8-6-5-7-15(18)3/h5-12,14H,4,13H2,1-3H3,(H,21,26)/t14-/m1/s1. The molecule has 0 fully saturated rings. The lowest BCUT2D eigenvalue weighted by atomic mass is 9.99. The summed E-state index contributed by atoms with van der Waals surface area (Å²) in [5.41, 5.74) is 4.02. The Hall–Kier alpha value is -3.02. The number of hydrogen-bond donors (Lipinski definition) is 1. The Morgan fingerprint density at radius 2 is 1.88 bits per heavy atom. The van der Waals surface area contributed by atoms with Gasteiger partial charge in [-0.05, 0) is 47.7 Å². The first-order valence-electron chi connectivity index (χ1n) is 8.80. The lowest BCUT2D eigenvalue weighted by Crippen LogP contribution is -2.20. The molecular weight excluding hydrogens is 326 g/mol. The fourth-order valence-electron chi connectivity index (χ4n) is 2.70. The molecule has 0 aliphatic heterocycles. The van der Waals surface area contributed by atoms with Crippen molar-refractivity contribution in [3.63, 3.8) is 0 Å². The Labute approximate surface area is 153 Å². The lowest BCUT2D eigenvalue weighted by Gasteiger charge is -2.10. The van der Waals surface area contributed by atoms with Gasteiger partial charge in [0.2, 0.25) is 11.7 Å². The van der Waals surface area contributed by atoms with E-state index in [0.29, 0.717) is 11.7 Å². The summed E-state index contributed by atoms with van der Waals surface area (Å²) in [6, 6.07) is 15.8. The third-order valence-corrected chi connectivity index (χ3v) is 4.50. The van der Waals surface area contributed by atoms with Crippen molar-refractivity contribution in [1.82, 2.24) is 20.2 Å². The molecule has 6 nitrogen and oxygen atoms in total. The maximum atomic E-state index is 12.2. The van der Waals surface area contributed by atoms with Crippen LogP contribution in [0.5, 0.6) is 0 Å². The van der Waals surface area contributed by atoms with Gasteiger partial charge in [0.1, 0.15) is 6.54 Å². The molecule has 134 valence electrons. The molecule has 3 aromatic rings. The molecule has 6 heteroatoms. The fourth-order valence-corrected chi connectivity index (χ4v) is 2.70. The summed E-state index contributed by atoms with van der Waals surface area (Å²) in [6.07, 6.45) is 1.09. The van der Waals surface area contributed by atoms with Crippen molar-refractivity contribution >= 4 is 11.6 Å². The first-order valence-corrected chi connectivity index (χ1v) is 8.80. The number of carbonyl (C=O) groups excluding carboxylic acids is 1. The van der Waals surface area contributed by atoms with Crippen molar-refractivity contribution in [3.8, 4) is 11.4 Å². The van der Waals surface area contributed by atoms with Gasteiger partial charge < -0.3 is 5.32 Å². The summed E-state index contributed by atoms with van der Waals surface area (Å²) in [6.45, 7) is 6.37. The van der Waals surface area contributed by atoms with Gasteiger partial charge in [-0.3, -0.25) is 4.79 Å². The van der Waals surface area contributed by atoms with Crippen LogP contribution in [0.3, 0.4) is 0 Å². The number of tetrazole rings is 1. The molecule has 0 aliphatic carbocycles. The maximum absolute atomic E-state index is 12.2. The summed E-state index contributed by atoms with van der Waals surface area (Å²) in [7, 11) is 0. The second-order valence-corrected chi connectivity index (χ2v) is 6.44. The van der Waals surface area contributed by atoms with Gasteiger partial charge in [-0.25, -0.2) is 0 Å². The molecule has 1 atom stereocenters. The van der Waals surface area contributed by atoms with Gasteiger partial charge in [-0.2, -0.15) is 4.80 Å². The first kappa shape index (κ1) is 17.8. The van der Waals surface area contributed by atoms with Crippen LogP contribution in [0.4, 0.5) is 5.69 Å². The van der Waals surface area contributed by atoms with Crippen molar-refractivity contribution in [3.05, 3.63) is 59.7 Å². The number of nitrogens with zero attached hydrogens (tertiary/aromatic N) is 4. The van der Waals surface area contributed by atoms with Gasteiger partial charge in [0, 0.05) is 11.3 Å². The van der Waals surface area contributed by atoms with E-state index in [2.05, 4.69) is 34.6 Å². The topological polar surface area (TPSA) is 72.7 Å². The summed E-state index contributed by atoms with van der Waals surface area (Å²) in [5, 5.41) is 15.2. The minimum Gasteiger partial charge on any atom is -0.324 e. The summed E-state index contributed by atoms with van der Waals surface area (Å²) in [5.74, 6) is 0.850. The van der Waals surface area contributed by atoms with Crippen LogP contribution in [0.2, 0.25) is 0 Å². The van der Waals surface area contributed by atoms with E-state index in [1.807, 2.05) is 55.5 Å². The van der Waals surface area contributed by atoms with E-state index in [-0.39, 0.29) is 12.5 Å². The summed E-state index contributed by atoms with van der Waals surface area (Å²) >= 11 is 0. The van der Waals surface area contributed by atoms with Crippen molar-refractivity contribution in [2.75, 3.05) is 5.32 Å². The molecule has 0 saturated carbocycles. The fraction of sp³-hybridized carbons (Fsp3) is 0.300. The SMILES string of the molecule is CC[C@@H](C)c1ccc(NC(=O)Cn2nnc(-c3ccccc3C)n2)cc1. The van der Waals surface area contributed by atoms with Crippen LogP contribution in [0.1, 0.15) is 37.3 Å². The van der Waals surface area contributed by atoms with Crippen LogP contribution in [-0.4, -0.2) is 26.1 Å². The second-order valence-electron chi connectivity index (χ2n) is 6.44. The molecular formula is C20H23N5O. The monoisotopic (exact) mass is 349 g/mol. The van der Waals surface area contributed by atoms with Gasteiger partial charge in [0.15, 0.2) is 0 Å². The van der Waals surface area contributed by atoms with Crippen LogP contribution in [0.15, 0.2) is 48.5 Å². The van der Waals surface area contributed by atoms with Crippen LogP contribution in [-0.2, 0) is 11.3 Å². The van der Waals surface area contributed by atoms with Gasteiger partial charge in [0.05, 0.1) is 0 Å². The van der Waals surface area contributed by atoms with Crippen molar-refractivity contribution < 1.29 is 4.79 Å². The molecule has 3 rings (SSSR count). The Balaban J connectivity index is 1.63. The van der Waals surface area contributed by atoms with Crippen molar-refractivity contribution in [2.45, 2.75) is 39.7 Å². The number of benzene rings is 2. The van der Waals surface area contributed by atoms with E-state index in [4.69, 9.17) is 0 Å². The zero-order chi connectivity index (χ0) is 18.5. The molecule has 26 heavy (non-hydrogen) atoms. The molecule has 1 aromatic heterocycles. The highest BCUT2D eigenvalue weighted by atomic mass is 16.2. The average molecular weight is 349 g/mol. The lowest BCUT2D eigenvalue weighted by molar-refractivity contribution is -0.117. The number of rotatable bonds is 6. The zero-order valence-corrected chi connectivity index (χ0v) is 15.3. The summed E-state index contributed by atoms with van der Waals surface area (Å²) < 4.78 is 0. The van der Waals surface area contributed by atoms with E-state index in [9.17, 15) is 4.79 Å². The number of aromatic nitrogens is 4. The second kappa shape index (κ2) is 7.91. The normalized spacial score (nSPS) is 12.0. The van der Waals surface area contributed by atoms with Crippen LogP contribution >= 0.6 is 0 Å². The van der Waals surface area contributed by atoms with Crippen molar-refractivity contribution in [2.24, 2.45) is 0 Å². The predicted molar refractivity (Wildman–Crippen MR) is 102 cm³/mol. The van der Waals surface area contributed by atoms with Crippen molar-refractivity contribution in [1.29, 1.82) is 0 Å². The Bertz CT molecular complexity index is 885. The number of anilines is 1. The molecule has 1 N–H and O–H groups in total. The van der Waals surface area contributed by atoms with E-state index in [0.717, 1.165) is 23.2 Å². The quantitative estimate of drug-likeness (QED) is 0.734.